The number of nitrogens with one attached hydrogen (secondary N) is 1. The molecule has 1 heterocycles. The molecule has 0 aliphatic carbocycles. The summed E-state index contributed by atoms with van der Waals surface area (Å²) in [7, 11) is -2.94. The van der Waals surface area contributed by atoms with E-state index in [0.717, 1.165) is 12.7 Å². The van der Waals surface area contributed by atoms with Crippen molar-refractivity contribution in [1.82, 2.24) is 4.72 Å². The van der Waals surface area contributed by atoms with Gasteiger partial charge in [-0.1, -0.05) is 59.6 Å². The molecule has 2 aromatic rings. The quantitative estimate of drug-likeness (QED) is 0.825. The third kappa shape index (κ3) is 4.32. The molecule has 0 aromatic heterocycles. The van der Waals surface area contributed by atoms with Crippen LogP contribution in [0.5, 0.6) is 0 Å². The van der Waals surface area contributed by atoms with Crippen LogP contribution >= 0.6 is 23.2 Å². The molecule has 1 saturated heterocycles. The summed E-state index contributed by atoms with van der Waals surface area (Å²) in [5.41, 5.74) is 1.30. The molecular formula is C16H15Cl2NO5S. The molecule has 1 unspecified atom stereocenters. The van der Waals surface area contributed by atoms with Crippen molar-refractivity contribution in [2.45, 2.75) is 18.6 Å². The minimum atomic E-state index is -3.99. The summed E-state index contributed by atoms with van der Waals surface area (Å²) in [5.74, 6) is 0. The fourth-order valence-electron chi connectivity index (χ4n) is 2.46. The van der Waals surface area contributed by atoms with Crippen LogP contribution in [0.3, 0.4) is 0 Å². The van der Waals surface area contributed by atoms with E-state index in [1.807, 2.05) is 30.3 Å². The zero-order chi connectivity index (χ0) is 18.0. The lowest BCUT2D eigenvalue weighted by Crippen LogP contribution is -2.38. The molecule has 25 heavy (non-hydrogen) atoms. The van der Waals surface area contributed by atoms with E-state index in [-0.39, 0.29) is 0 Å². The monoisotopic (exact) mass is 403 g/mol. The van der Waals surface area contributed by atoms with E-state index in [4.69, 9.17) is 32.7 Å². The summed E-state index contributed by atoms with van der Waals surface area (Å²) in [6, 6.07) is 14.0. The van der Waals surface area contributed by atoms with Gasteiger partial charge in [0.2, 0.25) is 0 Å². The van der Waals surface area contributed by atoms with Crippen LogP contribution in [-0.2, 0) is 24.0 Å². The number of benzene rings is 2. The van der Waals surface area contributed by atoms with Crippen LogP contribution < -0.4 is 4.72 Å². The normalized spacial score (nSPS) is 23.7. The van der Waals surface area contributed by atoms with Gasteiger partial charge in [-0.2, -0.15) is 13.1 Å². The van der Waals surface area contributed by atoms with Crippen molar-refractivity contribution >= 4 is 33.5 Å². The summed E-state index contributed by atoms with van der Waals surface area (Å²) < 4.78 is 42.0. The van der Waals surface area contributed by atoms with Crippen molar-refractivity contribution in [3.8, 4) is 0 Å². The van der Waals surface area contributed by atoms with E-state index in [2.05, 4.69) is 8.91 Å². The SMILES string of the molecule is COS(=O)(=O)N[C@@H]1OC(c2ccccc2)O[C@@H]1c1ccc(Cl)cc1Cl. The van der Waals surface area contributed by atoms with E-state index < -0.39 is 28.9 Å². The highest BCUT2D eigenvalue weighted by Crippen LogP contribution is 2.41. The molecule has 0 saturated carbocycles. The first-order valence-corrected chi connectivity index (χ1v) is 9.45. The average molecular weight is 404 g/mol. The number of hydrogen-bond donors (Lipinski definition) is 1. The summed E-state index contributed by atoms with van der Waals surface area (Å²) in [5, 5.41) is 0.803. The average Bonchev–Trinajstić information content (AvgIpc) is 2.98. The van der Waals surface area contributed by atoms with Gasteiger partial charge >= 0.3 is 10.3 Å². The molecule has 0 bridgehead atoms. The first kappa shape index (κ1) is 18.6. The van der Waals surface area contributed by atoms with Crippen molar-refractivity contribution in [3.63, 3.8) is 0 Å². The van der Waals surface area contributed by atoms with Crippen LogP contribution in [0.15, 0.2) is 48.5 Å². The van der Waals surface area contributed by atoms with Gasteiger partial charge < -0.3 is 9.47 Å². The van der Waals surface area contributed by atoms with Gasteiger partial charge in [0, 0.05) is 21.2 Å². The van der Waals surface area contributed by atoms with Crippen molar-refractivity contribution in [2.24, 2.45) is 0 Å². The molecule has 2 aromatic carbocycles. The molecular weight excluding hydrogens is 389 g/mol. The fourth-order valence-corrected chi connectivity index (χ4v) is 3.53. The Hall–Kier alpha value is -1.19. The van der Waals surface area contributed by atoms with Gasteiger partial charge in [0.1, 0.15) is 6.10 Å². The predicted octanol–water partition coefficient (Wildman–Crippen LogP) is 3.59. The van der Waals surface area contributed by atoms with Crippen molar-refractivity contribution < 1.29 is 22.1 Å². The largest absolute Gasteiger partial charge is 0.337 e. The number of ether oxygens (including phenoxy) is 2. The van der Waals surface area contributed by atoms with Crippen LogP contribution in [0.25, 0.3) is 0 Å². The van der Waals surface area contributed by atoms with E-state index in [1.54, 1.807) is 18.2 Å². The van der Waals surface area contributed by atoms with Crippen LogP contribution in [0.4, 0.5) is 0 Å². The maximum atomic E-state index is 11.8. The number of rotatable bonds is 5. The van der Waals surface area contributed by atoms with E-state index in [9.17, 15) is 8.42 Å². The smallest absolute Gasteiger partial charge is 0.336 e. The Bertz CT molecular complexity index is 847. The van der Waals surface area contributed by atoms with E-state index >= 15 is 0 Å². The van der Waals surface area contributed by atoms with Gasteiger partial charge in [-0.05, 0) is 12.1 Å². The van der Waals surface area contributed by atoms with Crippen molar-refractivity contribution in [2.75, 3.05) is 7.11 Å². The van der Waals surface area contributed by atoms with E-state index in [0.29, 0.717) is 15.6 Å². The Morgan fingerprint density at radius 1 is 1.08 bits per heavy atom. The fraction of sp³-hybridized carbons (Fsp3) is 0.250. The minimum Gasteiger partial charge on any atom is -0.336 e. The van der Waals surface area contributed by atoms with Crippen LogP contribution in [0, 0.1) is 0 Å². The summed E-state index contributed by atoms with van der Waals surface area (Å²) in [6.45, 7) is 0. The molecule has 0 radical (unpaired) electrons. The van der Waals surface area contributed by atoms with Gasteiger partial charge in [0.25, 0.3) is 0 Å². The Balaban J connectivity index is 1.94. The zero-order valence-electron chi connectivity index (χ0n) is 13.1. The molecule has 1 fully saturated rings. The van der Waals surface area contributed by atoms with E-state index in [1.165, 1.54) is 0 Å². The topological polar surface area (TPSA) is 73.9 Å². The van der Waals surface area contributed by atoms with Crippen LogP contribution in [0.1, 0.15) is 23.5 Å². The summed E-state index contributed by atoms with van der Waals surface area (Å²) in [6.07, 6.45) is -2.56. The van der Waals surface area contributed by atoms with Crippen molar-refractivity contribution in [3.05, 3.63) is 69.7 Å². The van der Waals surface area contributed by atoms with Gasteiger partial charge in [0.15, 0.2) is 12.5 Å². The summed E-state index contributed by atoms with van der Waals surface area (Å²) in [4.78, 5) is 0. The van der Waals surface area contributed by atoms with Gasteiger partial charge in [-0.25, -0.2) is 0 Å². The first-order chi connectivity index (χ1) is 11.9. The molecule has 1 N–H and O–H groups in total. The molecule has 6 nitrogen and oxygen atoms in total. The van der Waals surface area contributed by atoms with Gasteiger partial charge in [-0.3, -0.25) is 4.18 Å². The second-order valence-corrected chi connectivity index (χ2v) is 7.58. The van der Waals surface area contributed by atoms with Crippen molar-refractivity contribution in [1.29, 1.82) is 0 Å². The highest BCUT2D eigenvalue weighted by molar-refractivity contribution is 7.84. The third-order valence-corrected chi connectivity index (χ3v) is 5.16. The van der Waals surface area contributed by atoms with Gasteiger partial charge in [0.05, 0.1) is 7.11 Å². The van der Waals surface area contributed by atoms with Gasteiger partial charge in [-0.15, -0.1) is 0 Å². The second kappa shape index (κ2) is 7.59. The Morgan fingerprint density at radius 2 is 1.80 bits per heavy atom. The van der Waals surface area contributed by atoms with Crippen LogP contribution in [-0.4, -0.2) is 21.8 Å². The Labute approximate surface area is 155 Å². The second-order valence-electron chi connectivity index (χ2n) is 5.26. The first-order valence-electron chi connectivity index (χ1n) is 7.28. The lowest BCUT2D eigenvalue weighted by Gasteiger charge is -2.18. The molecule has 1 aliphatic heterocycles. The molecule has 0 spiro atoms. The lowest BCUT2D eigenvalue weighted by molar-refractivity contribution is -0.0704. The summed E-state index contributed by atoms with van der Waals surface area (Å²) >= 11 is 12.2. The third-order valence-electron chi connectivity index (χ3n) is 3.64. The molecule has 3 rings (SSSR count). The standard InChI is InChI=1S/C16H15Cl2NO5S/c1-22-25(20,21)19-15-14(12-8-7-11(17)9-13(12)18)23-16(24-15)10-5-3-2-4-6-10/h2-9,14-16,19H,1H3/t14-,15-,16?/m1/s1. The Kier molecular flexibility index (Phi) is 5.65. The predicted molar refractivity (Wildman–Crippen MR) is 93.4 cm³/mol. The number of hydrogen-bond acceptors (Lipinski definition) is 5. The maximum Gasteiger partial charge on any atom is 0.337 e. The number of halogens is 2. The minimum absolute atomic E-state index is 0.344. The molecule has 3 atom stereocenters. The molecule has 1 aliphatic rings. The molecule has 0 amide bonds. The zero-order valence-corrected chi connectivity index (χ0v) is 15.4. The highest BCUT2D eigenvalue weighted by Gasteiger charge is 2.41. The lowest BCUT2D eigenvalue weighted by atomic mass is 10.1. The maximum absolute atomic E-state index is 11.8. The van der Waals surface area contributed by atoms with Crippen LogP contribution in [0.2, 0.25) is 10.0 Å². The Morgan fingerprint density at radius 3 is 2.44 bits per heavy atom. The molecule has 9 heteroatoms. The highest BCUT2D eigenvalue weighted by atomic mass is 35.5. The molecule has 134 valence electrons.